The van der Waals surface area contributed by atoms with Crippen molar-refractivity contribution in [2.75, 3.05) is 25.5 Å². The second-order valence-electron chi connectivity index (χ2n) is 8.78. The highest BCUT2D eigenvalue weighted by Crippen LogP contribution is 2.33. The first kappa shape index (κ1) is 23.3. The fourth-order valence-electron chi connectivity index (χ4n) is 4.34. The molecule has 3 aromatic rings. The summed E-state index contributed by atoms with van der Waals surface area (Å²) in [6.07, 6.45) is 1.27. The number of ether oxygens (including phenoxy) is 1. The molecule has 1 fully saturated rings. The smallest absolute Gasteiger partial charge is 0.246 e. The number of amides is 1. The van der Waals surface area contributed by atoms with Gasteiger partial charge < -0.3 is 10.1 Å². The molecule has 1 aliphatic rings. The van der Waals surface area contributed by atoms with E-state index in [-0.39, 0.29) is 23.3 Å². The number of fused-ring (bicyclic) bond motifs is 1. The molecule has 0 saturated carbocycles. The standard InChI is InChI=1S/C26H30N2O4S/c1-18(2)20-13-14-24(32-3)25(16-20)33(30,31)28-15-7-10-21(17-28)26(29)27-23-12-6-9-19-8-4-5-11-22(19)23/h4-6,8-9,11-14,16,18,21H,7,10,15,17H2,1-3H3,(H,27,29)/t21-/m1/s1. The number of piperidine rings is 1. The zero-order valence-electron chi connectivity index (χ0n) is 19.2. The molecule has 1 amide bonds. The third-order valence-corrected chi connectivity index (χ3v) is 8.16. The van der Waals surface area contributed by atoms with Crippen LogP contribution in [-0.2, 0) is 14.8 Å². The summed E-state index contributed by atoms with van der Waals surface area (Å²) in [6.45, 7) is 4.57. The summed E-state index contributed by atoms with van der Waals surface area (Å²) < 4.78 is 33.9. The van der Waals surface area contributed by atoms with Crippen LogP contribution < -0.4 is 10.1 Å². The van der Waals surface area contributed by atoms with Crippen LogP contribution in [0.5, 0.6) is 5.75 Å². The van der Waals surface area contributed by atoms with Crippen molar-refractivity contribution in [2.24, 2.45) is 5.92 Å². The maximum atomic E-state index is 13.6. The van der Waals surface area contributed by atoms with Crippen molar-refractivity contribution in [1.29, 1.82) is 0 Å². The van der Waals surface area contributed by atoms with Gasteiger partial charge in [-0.05, 0) is 47.9 Å². The van der Waals surface area contributed by atoms with E-state index in [4.69, 9.17) is 4.74 Å². The third kappa shape index (κ3) is 4.75. The van der Waals surface area contributed by atoms with E-state index >= 15 is 0 Å². The number of carbonyl (C=O) groups excluding carboxylic acids is 1. The topological polar surface area (TPSA) is 75.7 Å². The molecule has 0 radical (unpaired) electrons. The molecule has 0 unspecified atom stereocenters. The fourth-order valence-corrected chi connectivity index (χ4v) is 6.05. The summed E-state index contributed by atoms with van der Waals surface area (Å²) in [5.41, 5.74) is 1.67. The van der Waals surface area contributed by atoms with Crippen LogP contribution in [0.2, 0.25) is 0 Å². The van der Waals surface area contributed by atoms with E-state index in [9.17, 15) is 13.2 Å². The summed E-state index contributed by atoms with van der Waals surface area (Å²) in [4.78, 5) is 13.3. The van der Waals surface area contributed by atoms with Crippen LogP contribution >= 0.6 is 0 Å². The predicted molar refractivity (Wildman–Crippen MR) is 131 cm³/mol. The van der Waals surface area contributed by atoms with Gasteiger partial charge in [0, 0.05) is 24.2 Å². The maximum absolute atomic E-state index is 13.6. The predicted octanol–water partition coefficient (Wildman–Crippen LogP) is 5.01. The van der Waals surface area contributed by atoms with Gasteiger partial charge in [-0.3, -0.25) is 4.79 Å². The first-order valence-corrected chi connectivity index (χ1v) is 12.7. The molecule has 1 saturated heterocycles. The number of hydrogen-bond acceptors (Lipinski definition) is 4. The Morgan fingerprint density at radius 2 is 1.85 bits per heavy atom. The second kappa shape index (κ2) is 9.53. The minimum absolute atomic E-state index is 0.147. The first-order valence-electron chi connectivity index (χ1n) is 11.3. The van der Waals surface area contributed by atoms with Gasteiger partial charge in [-0.1, -0.05) is 56.3 Å². The zero-order valence-corrected chi connectivity index (χ0v) is 20.1. The molecule has 1 aliphatic heterocycles. The lowest BCUT2D eigenvalue weighted by Gasteiger charge is -2.31. The highest BCUT2D eigenvalue weighted by molar-refractivity contribution is 7.89. The Kier molecular flexibility index (Phi) is 6.72. The average Bonchev–Trinajstić information content (AvgIpc) is 2.83. The van der Waals surface area contributed by atoms with E-state index < -0.39 is 15.9 Å². The largest absolute Gasteiger partial charge is 0.495 e. The molecule has 1 N–H and O–H groups in total. The summed E-state index contributed by atoms with van der Waals surface area (Å²) in [5, 5.41) is 5.03. The molecule has 4 rings (SSSR count). The van der Waals surface area contributed by atoms with Gasteiger partial charge in [0.1, 0.15) is 10.6 Å². The zero-order chi connectivity index (χ0) is 23.6. The molecule has 1 atom stereocenters. The van der Waals surface area contributed by atoms with Gasteiger partial charge in [-0.25, -0.2) is 8.42 Å². The number of hydrogen-bond donors (Lipinski definition) is 1. The molecule has 7 heteroatoms. The van der Waals surface area contributed by atoms with Crippen molar-refractivity contribution in [3.05, 3.63) is 66.2 Å². The van der Waals surface area contributed by atoms with Crippen molar-refractivity contribution in [3.8, 4) is 5.75 Å². The Morgan fingerprint density at radius 1 is 1.09 bits per heavy atom. The Balaban J connectivity index is 1.57. The van der Waals surface area contributed by atoms with Gasteiger partial charge in [0.05, 0.1) is 13.0 Å². The van der Waals surface area contributed by atoms with Crippen LogP contribution in [0.25, 0.3) is 10.8 Å². The van der Waals surface area contributed by atoms with E-state index in [1.54, 1.807) is 12.1 Å². The van der Waals surface area contributed by atoms with Gasteiger partial charge in [0.25, 0.3) is 0 Å². The number of carbonyl (C=O) groups is 1. The molecular formula is C26H30N2O4S. The van der Waals surface area contributed by atoms with Gasteiger partial charge >= 0.3 is 0 Å². The highest BCUT2D eigenvalue weighted by Gasteiger charge is 2.35. The number of rotatable bonds is 6. The quantitative estimate of drug-likeness (QED) is 0.554. The van der Waals surface area contributed by atoms with Crippen molar-refractivity contribution in [1.82, 2.24) is 4.31 Å². The summed E-state index contributed by atoms with van der Waals surface area (Å²) in [7, 11) is -2.33. The number of nitrogens with zero attached hydrogens (tertiary/aromatic N) is 1. The summed E-state index contributed by atoms with van der Waals surface area (Å²) in [5.74, 6) is -0.0758. The average molecular weight is 467 g/mol. The monoisotopic (exact) mass is 466 g/mol. The van der Waals surface area contributed by atoms with Crippen LogP contribution in [0, 0.1) is 5.92 Å². The fraction of sp³-hybridized carbons (Fsp3) is 0.346. The molecule has 0 aliphatic carbocycles. The van der Waals surface area contributed by atoms with Gasteiger partial charge in [-0.15, -0.1) is 0 Å². The van der Waals surface area contributed by atoms with E-state index in [1.165, 1.54) is 11.4 Å². The molecule has 0 bridgehead atoms. The van der Waals surface area contributed by atoms with E-state index in [0.29, 0.717) is 25.1 Å². The highest BCUT2D eigenvalue weighted by atomic mass is 32.2. The second-order valence-corrected chi connectivity index (χ2v) is 10.7. The first-order chi connectivity index (χ1) is 15.8. The molecule has 1 heterocycles. The van der Waals surface area contributed by atoms with Crippen LogP contribution in [0.1, 0.15) is 38.2 Å². The van der Waals surface area contributed by atoms with Crippen LogP contribution in [-0.4, -0.2) is 38.8 Å². The third-order valence-electron chi connectivity index (χ3n) is 6.27. The van der Waals surface area contributed by atoms with E-state index in [1.807, 2.05) is 62.4 Å². The Labute approximate surface area is 195 Å². The Bertz CT molecular complexity index is 1270. The van der Waals surface area contributed by atoms with Crippen LogP contribution in [0.3, 0.4) is 0 Å². The lowest BCUT2D eigenvalue weighted by molar-refractivity contribution is -0.120. The van der Waals surface area contributed by atoms with Crippen molar-refractivity contribution < 1.29 is 17.9 Å². The van der Waals surface area contributed by atoms with Gasteiger partial charge in [-0.2, -0.15) is 4.31 Å². The normalized spacial score (nSPS) is 17.3. The SMILES string of the molecule is COc1ccc(C(C)C)cc1S(=O)(=O)N1CCC[C@@H](C(=O)Nc2cccc3ccccc23)C1. The number of sulfonamides is 1. The molecule has 3 aromatic carbocycles. The molecule has 0 aromatic heterocycles. The lowest BCUT2D eigenvalue weighted by atomic mass is 9.98. The van der Waals surface area contributed by atoms with Crippen molar-refractivity contribution >= 4 is 32.4 Å². The lowest BCUT2D eigenvalue weighted by Crippen LogP contribution is -2.43. The molecule has 33 heavy (non-hydrogen) atoms. The molecule has 6 nitrogen and oxygen atoms in total. The van der Waals surface area contributed by atoms with Gasteiger partial charge in [0.15, 0.2) is 0 Å². The minimum atomic E-state index is -3.81. The number of benzene rings is 3. The van der Waals surface area contributed by atoms with Crippen LogP contribution in [0.15, 0.2) is 65.6 Å². The number of anilines is 1. The Morgan fingerprint density at radius 3 is 2.61 bits per heavy atom. The van der Waals surface area contributed by atoms with Crippen LogP contribution in [0.4, 0.5) is 5.69 Å². The van der Waals surface area contributed by atoms with E-state index in [2.05, 4.69) is 5.32 Å². The van der Waals surface area contributed by atoms with Gasteiger partial charge in [0.2, 0.25) is 15.9 Å². The van der Waals surface area contributed by atoms with E-state index in [0.717, 1.165) is 22.0 Å². The summed E-state index contributed by atoms with van der Waals surface area (Å²) in [6, 6.07) is 18.9. The van der Waals surface area contributed by atoms with Crippen molar-refractivity contribution in [2.45, 2.75) is 37.5 Å². The van der Waals surface area contributed by atoms with Crippen molar-refractivity contribution in [3.63, 3.8) is 0 Å². The number of methoxy groups -OCH3 is 1. The Hall–Kier alpha value is -2.90. The maximum Gasteiger partial charge on any atom is 0.246 e. The minimum Gasteiger partial charge on any atom is -0.495 e. The molecular weight excluding hydrogens is 436 g/mol. The summed E-state index contributed by atoms with van der Waals surface area (Å²) >= 11 is 0. The molecule has 174 valence electrons. The molecule has 0 spiro atoms. The number of nitrogens with one attached hydrogen (secondary N) is 1.